The fourth-order valence-corrected chi connectivity index (χ4v) is 1.18. The topological polar surface area (TPSA) is 69.6 Å². The lowest BCUT2D eigenvalue weighted by atomic mass is 10.1. The van der Waals surface area contributed by atoms with Gasteiger partial charge < -0.3 is 15.3 Å². The van der Waals surface area contributed by atoms with Crippen LogP contribution in [0.4, 0.5) is 4.79 Å². The Bertz CT molecular complexity index is 241. The van der Waals surface area contributed by atoms with Gasteiger partial charge in [0.25, 0.3) is 0 Å². The van der Waals surface area contributed by atoms with Crippen LogP contribution in [0.15, 0.2) is 0 Å². The monoisotopic (exact) mass is 230 g/mol. The van der Waals surface area contributed by atoms with Crippen LogP contribution in [0.5, 0.6) is 0 Å². The molecular weight excluding hydrogens is 208 g/mol. The third-order valence-corrected chi connectivity index (χ3v) is 2.49. The summed E-state index contributed by atoms with van der Waals surface area (Å²) in [6.07, 6.45) is 1.42. The van der Waals surface area contributed by atoms with E-state index in [0.717, 1.165) is 0 Å². The van der Waals surface area contributed by atoms with Crippen LogP contribution in [0.3, 0.4) is 0 Å². The first kappa shape index (κ1) is 14.7. The standard InChI is InChI=1S/C11H22N2O3/c1-8(2)13(4)11(16)12-9(3)6-5-7-10(14)15/h8-9H,5-7H2,1-4H3,(H,12,16)(H,14,15). The van der Waals surface area contributed by atoms with Crippen molar-refractivity contribution >= 4 is 12.0 Å². The number of nitrogens with zero attached hydrogens (tertiary/aromatic N) is 1. The number of carbonyl (C=O) groups excluding carboxylic acids is 1. The van der Waals surface area contributed by atoms with Gasteiger partial charge in [-0.25, -0.2) is 4.79 Å². The highest BCUT2D eigenvalue weighted by Crippen LogP contribution is 2.02. The molecule has 0 rings (SSSR count). The van der Waals surface area contributed by atoms with Gasteiger partial charge in [-0.2, -0.15) is 0 Å². The maximum absolute atomic E-state index is 11.6. The average Bonchev–Trinajstić information content (AvgIpc) is 2.15. The molecule has 0 bridgehead atoms. The maximum atomic E-state index is 11.6. The molecule has 0 aliphatic rings. The van der Waals surface area contributed by atoms with Crippen molar-refractivity contribution in [3.8, 4) is 0 Å². The molecule has 0 saturated heterocycles. The fourth-order valence-electron chi connectivity index (χ4n) is 1.18. The van der Waals surface area contributed by atoms with Gasteiger partial charge >= 0.3 is 12.0 Å². The molecule has 0 aromatic carbocycles. The van der Waals surface area contributed by atoms with Gasteiger partial charge in [0, 0.05) is 25.6 Å². The lowest BCUT2D eigenvalue weighted by Gasteiger charge is -2.24. The van der Waals surface area contributed by atoms with Crippen LogP contribution >= 0.6 is 0 Å². The molecular formula is C11H22N2O3. The molecule has 5 nitrogen and oxygen atoms in total. The maximum Gasteiger partial charge on any atom is 0.317 e. The quantitative estimate of drug-likeness (QED) is 0.729. The molecule has 1 unspecified atom stereocenters. The van der Waals surface area contributed by atoms with Crippen LogP contribution in [0.2, 0.25) is 0 Å². The number of hydrogen-bond donors (Lipinski definition) is 2. The normalized spacial score (nSPS) is 12.3. The first-order valence-corrected chi connectivity index (χ1v) is 5.59. The molecule has 0 saturated carbocycles. The molecule has 0 radical (unpaired) electrons. The summed E-state index contributed by atoms with van der Waals surface area (Å²) in [5.74, 6) is -0.794. The number of carboxylic acids is 1. The molecule has 1 atom stereocenters. The van der Waals surface area contributed by atoms with Gasteiger partial charge in [0.2, 0.25) is 0 Å². The van der Waals surface area contributed by atoms with Crippen molar-refractivity contribution in [1.29, 1.82) is 0 Å². The minimum atomic E-state index is -0.794. The molecule has 5 heteroatoms. The second-order valence-corrected chi connectivity index (χ2v) is 4.34. The Morgan fingerprint density at radius 2 is 1.88 bits per heavy atom. The highest BCUT2D eigenvalue weighted by molar-refractivity contribution is 5.74. The molecule has 2 amide bonds. The minimum Gasteiger partial charge on any atom is -0.481 e. The number of carboxylic acid groups (broad SMARTS) is 1. The number of hydrogen-bond acceptors (Lipinski definition) is 2. The van der Waals surface area contributed by atoms with Gasteiger partial charge in [-0.15, -0.1) is 0 Å². The zero-order chi connectivity index (χ0) is 12.7. The van der Waals surface area contributed by atoms with Gasteiger partial charge in [0.15, 0.2) is 0 Å². The summed E-state index contributed by atoms with van der Waals surface area (Å²) in [5.41, 5.74) is 0. The smallest absolute Gasteiger partial charge is 0.317 e. The van der Waals surface area contributed by atoms with Crippen LogP contribution in [-0.2, 0) is 4.79 Å². The number of nitrogens with one attached hydrogen (secondary N) is 1. The van der Waals surface area contributed by atoms with E-state index < -0.39 is 5.97 Å². The van der Waals surface area contributed by atoms with Crippen LogP contribution in [-0.4, -0.2) is 41.1 Å². The number of amides is 2. The Morgan fingerprint density at radius 3 is 2.31 bits per heavy atom. The zero-order valence-corrected chi connectivity index (χ0v) is 10.5. The molecule has 0 fully saturated rings. The van der Waals surface area contributed by atoms with E-state index >= 15 is 0 Å². The van der Waals surface area contributed by atoms with Crippen molar-refractivity contribution in [3.63, 3.8) is 0 Å². The van der Waals surface area contributed by atoms with Crippen molar-refractivity contribution in [2.75, 3.05) is 7.05 Å². The van der Waals surface area contributed by atoms with E-state index in [1.165, 1.54) is 0 Å². The molecule has 2 N–H and O–H groups in total. The van der Waals surface area contributed by atoms with Crippen LogP contribution < -0.4 is 5.32 Å². The third kappa shape index (κ3) is 6.27. The number of aliphatic carboxylic acids is 1. The predicted octanol–water partition coefficient (Wildman–Crippen LogP) is 1.68. The summed E-state index contributed by atoms with van der Waals surface area (Å²) in [7, 11) is 1.74. The Morgan fingerprint density at radius 1 is 1.31 bits per heavy atom. The molecule has 0 heterocycles. The summed E-state index contributed by atoms with van der Waals surface area (Å²) < 4.78 is 0. The van der Waals surface area contributed by atoms with Gasteiger partial charge in [0.05, 0.1) is 0 Å². The van der Waals surface area contributed by atoms with Gasteiger partial charge in [0.1, 0.15) is 0 Å². The van der Waals surface area contributed by atoms with Gasteiger partial charge in [-0.05, 0) is 33.6 Å². The van der Waals surface area contributed by atoms with Crippen LogP contribution in [0, 0.1) is 0 Å². The highest BCUT2D eigenvalue weighted by atomic mass is 16.4. The second-order valence-electron chi connectivity index (χ2n) is 4.34. The highest BCUT2D eigenvalue weighted by Gasteiger charge is 2.14. The Kier molecular flexibility index (Phi) is 6.53. The molecule has 0 aromatic heterocycles. The first-order valence-electron chi connectivity index (χ1n) is 5.59. The van der Waals surface area contributed by atoms with Crippen molar-refractivity contribution < 1.29 is 14.7 Å². The van der Waals surface area contributed by atoms with E-state index in [2.05, 4.69) is 5.32 Å². The summed E-state index contributed by atoms with van der Waals surface area (Å²) in [6.45, 7) is 5.76. The predicted molar refractivity (Wildman–Crippen MR) is 62.4 cm³/mol. The molecule has 94 valence electrons. The summed E-state index contributed by atoms with van der Waals surface area (Å²) >= 11 is 0. The lowest BCUT2D eigenvalue weighted by Crippen LogP contribution is -2.44. The molecule has 0 aromatic rings. The fraction of sp³-hybridized carbons (Fsp3) is 0.818. The van der Waals surface area contributed by atoms with Gasteiger partial charge in [-0.3, -0.25) is 4.79 Å². The summed E-state index contributed by atoms with van der Waals surface area (Å²) in [5, 5.41) is 11.3. The minimum absolute atomic E-state index is 0.00745. The molecule has 0 aliphatic carbocycles. The molecule has 16 heavy (non-hydrogen) atoms. The van der Waals surface area contributed by atoms with E-state index in [-0.39, 0.29) is 24.5 Å². The second kappa shape index (κ2) is 7.09. The first-order chi connectivity index (χ1) is 7.34. The average molecular weight is 230 g/mol. The Balaban J connectivity index is 3.82. The van der Waals surface area contributed by atoms with Crippen LogP contribution in [0.1, 0.15) is 40.0 Å². The van der Waals surface area contributed by atoms with E-state index in [1.807, 2.05) is 20.8 Å². The van der Waals surface area contributed by atoms with Crippen molar-refractivity contribution in [3.05, 3.63) is 0 Å². The Labute approximate surface area is 96.8 Å². The third-order valence-electron chi connectivity index (χ3n) is 2.49. The largest absolute Gasteiger partial charge is 0.481 e. The molecule has 0 spiro atoms. The Hall–Kier alpha value is -1.26. The van der Waals surface area contributed by atoms with Gasteiger partial charge in [-0.1, -0.05) is 0 Å². The number of urea groups is 1. The number of rotatable bonds is 6. The van der Waals surface area contributed by atoms with E-state index in [9.17, 15) is 9.59 Å². The SMILES string of the molecule is CC(CCCC(=O)O)NC(=O)N(C)C(C)C. The summed E-state index contributed by atoms with van der Waals surface area (Å²) in [6, 6.07) is 0.0529. The van der Waals surface area contributed by atoms with E-state index in [1.54, 1.807) is 11.9 Å². The van der Waals surface area contributed by atoms with Crippen molar-refractivity contribution in [1.82, 2.24) is 10.2 Å². The van der Waals surface area contributed by atoms with Crippen molar-refractivity contribution in [2.45, 2.75) is 52.1 Å². The van der Waals surface area contributed by atoms with Crippen molar-refractivity contribution in [2.24, 2.45) is 0 Å². The van der Waals surface area contributed by atoms with E-state index in [4.69, 9.17) is 5.11 Å². The number of carbonyl (C=O) groups is 2. The van der Waals surface area contributed by atoms with E-state index in [0.29, 0.717) is 12.8 Å². The molecule has 0 aliphatic heterocycles. The zero-order valence-electron chi connectivity index (χ0n) is 10.5. The van der Waals surface area contributed by atoms with Crippen LogP contribution in [0.25, 0.3) is 0 Å². The summed E-state index contributed by atoms with van der Waals surface area (Å²) in [4.78, 5) is 23.5. The lowest BCUT2D eigenvalue weighted by molar-refractivity contribution is -0.137.